The van der Waals surface area contributed by atoms with Crippen molar-refractivity contribution in [3.8, 4) is 0 Å². The molecule has 0 radical (unpaired) electrons. The number of hydrogen-bond donors (Lipinski definition) is 0. The van der Waals surface area contributed by atoms with Crippen molar-refractivity contribution in [1.82, 2.24) is 0 Å². The molecule has 2 unspecified atom stereocenters. The van der Waals surface area contributed by atoms with Crippen molar-refractivity contribution in [3.63, 3.8) is 0 Å². The minimum atomic E-state index is -2.10. The average Bonchev–Trinajstić information content (AvgIpc) is 1.89. The maximum absolute atomic E-state index is 9.41. The number of hydrogen-bond acceptors (Lipinski definition) is 4. The monoisotopic (exact) mass is 240 g/mol. The predicted octanol–water partition coefficient (Wildman–Crippen LogP) is 0.215. The van der Waals surface area contributed by atoms with E-state index in [4.69, 9.17) is 0 Å². The van der Waals surface area contributed by atoms with Crippen molar-refractivity contribution >= 4 is 16.1 Å². The van der Waals surface area contributed by atoms with E-state index in [2.05, 4.69) is 0 Å². The molecule has 11 heavy (non-hydrogen) atoms. The third-order valence-corrected chi connectivity index (χ3v) is 1.55. The first-order chi connectivity index (χ1) is 4.54. The van der Waals surface area contributed by atoms with Gasteiger partial charge in [0.05, 0.1) is 0 Å². The smallest absolute Gasteiger partial charge is 0.596 e. The van der Waals surface area contributed by atoms with Gasteiger partial charge in [0.2, 0.25) is 0 Å². The molecule has 0 aromatic heterocycles. The van der Waals surface area contributed by atoms with Crippen LogP contribution in [0.3, 0.4) is 0 Å². The van der Waals surface area contributed by atoms with Crippen LogP contribution in [0.5, 0.6) is 0 Å². The normalized spacial score (nSPS) is 10.2. The van der Waals surface area contributed by atoms with Gasteiger partial charge in [0.1, 0.15) is 12.3 Å². The van der Waals surface area contributed by atoms with Crippen LogP contribution in [0.2, 0.25) is 0 Å². The van der Waals surface area contributed by atoms with Gasteiger partial charge in [-0.25, -0.2) is 0 Å². The Kier molecular flexibility index (Phi) is 21.3. The summed E-state index contributed by atoms with van der Waals surface area (Å²) in [4.78, 5) is 18.8. The molecule has 0 spiro atoms. The molecule has 7 heteroatoms. The molecule has 0 saturated heterocycles. The molecule has 2 atom stereocenters. The van der Waals surface area contributed by atoms with Gasteiger partial charge >= 0.3 is 33.1 Å². The van der Waals surface area contributed by atoms with Crippen molar-refractivity contribution < 1.29 is 36.0 Å². The van der Waals surface area contributed by atoms with Gasteiger partial charge < -0.3 is 9.79 Å². The van der Waals surface area contributed by atoms with Crippen molar-refractivity contribution in [2.24, 2.45) is 0 Å². The molecular formula is C4H10FeO4P2+2. The van der Waals surface area contributed by atoms with Crippen LogP contribution < -0.4 is 9.79 Å². The predicted molar refractivity (Wildman–Crippen MR) is 36.3 cm³/mol. The minimum absolute atomic E-state index is 0. The topological polar surface area (TPSA) is 80.3 Å². The van der Waals surface area contributed by atoms with Gasteiger partial charge in [-0.05, 0) is 13.8 Å². The Morgan fingerprint density at radius 1 is 1.00 bits per heavy atom. The minimum Gasteiger partial charge on any atom is -0.596 e. The van der Waals surface area contributed by atoms with Crippen LogP contribution in [0.15, 0.2) is 0 Å². The van der Waals surface area contributed by atoms with Crippen molar-refractivity contribution in [1.29, 1.82) is 0 Å². The van der Waals surface area contributed by atoms with Crippen LogP contribution in [-0.4, -0.2) is 12.3 Å². The zero-order chi connectivity index (χ0) is 8.57. The maximum atomic E-state index is 9.41. The first-order valence-electron chi connectivity index (χ1n) is 2.78. The summed E-state index contributed by atoms with van der Waals surface area (Å²) in [6.07, 6.45) is 0.519. The summed E-state index contributed by atoms with van der Waals surface area (Å²) < 4.78 is 18.8. The molecule has 0 aliphatic carbocycles. The van der Waals surface area contributed by atoms with Gasteiger partial charge in [0, 0.05) is 0 Å². The van der Waals surface area contributed by atoms with Gasteiger partial charge in [-0.15, -0.1) is 0 Å². The van der Waals surface area contributed by atoms with Crippen LogP contribution in [0, 0.1) is 0 Å². The second kappa shape index (κ2) is 13.2. The molecule has 66 valence electrons. The SMILES string of the molecule is CC[P+](=O)[O-].CC[P+](=O)[O-].[Fe+2]. The first kappa shape index (κ1) is 17.7. The van der Waals surface area contributed by atoms with Crippen molar-refractivity contribution in [3.05, 3.63) is 0 Å². The summed E-state index contributed by atoms with van der Waals surface area (Å²) in [5.41, 5.74) is 0. The van der Waals surface area contributed by atoms with E-state index in [0.717, 1.165) is 0 Å². The van der Waals surface area contributed by atoms with Gasteiger partial charge in [-0.3, -0.25) is 0 Å². The van der Waals surface area contributed by atoms with Crippen LogP contribution in [0.25, 0.3) is 0 Å². The molecule has 0 fully saturated rings. The Hall–Kier alpha value is 0.639. The van der Waals surface area contributed by atoms with E-state index < -0.39 is 16.1 Å². The molecule has 0 aliphatic rings. The Balaban J connectivity index is -0.000000107. The Morgan fingerprint density at radius 2 is 1.09 bits per heavy atom. The van der Waals surface area contributed by atoms with Crippen LogP contribution >= 0.6 is 16.1 Å². The average molecular weight is 240 g/mol. The molecule has 0 heterocycles. The fourth-order valence-corrected chi connectivity index (χ4v) is 0. The number of rotatable bonds is 2. The van der Waals surface area contributed by atoms with Gasteiger partial charge in [0.25, 0.3) is 0 Å². The molecule has 4 nitrogen and oxygen atoms in total. The van der Waals surface area contributed by atoms with Gasteiger partial charge in [-0.2, -0.15) is 0 Å². The summed E-state index contributed by atoms with van der Waals surface area (Å²) in [5, 5.41) is 0. The Labute approximate surface area is 78.6 Å². The first-order valence-corrected chi connectivity index (χ1v) is 5.50. The molecule has 0 aromatic carbocycles. The van der Waals surface area contributed by atoms with Crippen LogP contribution in [0.4, 0.5) is 0 Å². The molecule has 0 rings (SSSR count). The maximum Gasteiger partial charge on any atom is 2.00 e. The standard InChI is InChI=1S/2C2H5O2P.Fe/c2*1-2-5(3)4;/h2*2H2,1H3;/q;;+2. The van der Waals surface area contributed by atoms with Gasteiger partial charge in [-0.1, -0.05) is 9.13 Å². The second-order valence-corrected chi connectivity index (χ2v) is 3.89. The Morgan fingerprint density at radius 3 is 1.09 bits per heavy atom. The van der Waals surface area contributed by atoms with E-state index in [0.29, 0.717) is 0 Å². The fraction of sp³-hybridized carbons (Fsp3) is 1.00. The zero-order valence-electron chi connectivity index (χ0n) is 6.30. The van der Waals surface area contributed by atoms with Gasteiger partial charge in [0.15, 0.2) is 0 Å². The molecule has 0 aliphatic heterocycles. The molecular weight excluding hydrogens is 230 g/mol. The largest absolute Gasteiger partial charge is 2.00 e. The van der Waals surface area contributed by atoms with Crippen molar-refractivity contribution in [2.75, 3.05) is 12.3 Å². The third-order valence-electron chi connectivity index (χ3n) is 0.516. The van der Waals surface area contributed by atoms with E-state index in [1.807, 2.05) is 0 Å². The second-order valence-electron chi connectivity index (χ2n) is 1.30. The summed E-state index contributed by atoms with van der Waals surface area (Å²) in [6.45, 7) is 3.21. The van der Waals surface area contributed by atoms with E-state index in [1.165, 1.54) is 0 Å². The molecule has 0 amide bonds. The van der Waals surface area contributed by atoms with Crippen LogP contribution in [0.1, 0.15) is 13.8 Å². The quantitative estimate of drug-likeness (QED) is 0.510. The van der Waals surface area contributed by atoms with E-state index in [9.17, 15) is 18.9 Å². The zero-order valence-corrected chi connectivity index (χ0v) is 9.19. The van der Waals surface area contributed by atoms with Crippen molar-refractivity contribution in [2.45, 2.75) is 13.8 Å². The van der Waals surface area contributed by atoms with Crippen LogP contribution in [-0.2, 0) is 26.2 Å². The molecule has 0 N–H and O–H groups in total. The summed E-state index contributed by atoms with van der Waals surface area (Å²) in [6, 6.07) is 0. The Bertz CT molecular complexity index is 105. The van der Waals surface area contributed by atoms with E-state index in [-0.39, 0.29) is 29.4 Å². The summed E-state index contributed by atoms with van der Waals surface area (Å²) in [7, 11) is -4.20. The summed E-state index contributed by atoms with van der Waals surface area (Å²) >= 11 is 0. The van der Waals surface area contributed by atoms with E-state index in [1.54, 1.807) is 13.8 Å². The van der Waals surface area contributed by atoms with E-state index >= 15 is 0 Å². The molecule has 0 saturated carbocycles. The molecule has 0 bridgehead atoms. The molecule has 0 aromatic rings. The fourth-order valence-electron chi connectivity index (χ4n) is 0. The summed E-state index contributed by atoms with van der Waals surface area (Å²) in [5.74, 6) is 0. The third kappa shape index (κ3) is 36.9.